The number of hydrogen-bond acceptors (Lipinski definition) is 3. The van der Waals surface area contributed by atoms with Gasteiger partial charge in [0.05, 0.1) is 10.2 Å². The van der Waals surface area contributed by atoms with Gasteiger partial charge >= 0.3 is 0 Å². The zero-order chi connectivity index (χ0) is 17.4. The number of fused-ring (bicyclic) bond motifs is 1. The average Bonchev–Trinajstić information content (AvgIpc) is 2.95. The van der Waals surface area contributed by atoms with Gasteiger partial charge in [0.1, 0.15) is 5.82 Å². The first-order valence-electron chi connectivity index (χ1n) is 8.01. The molecule has 3 aromatic rings. The Hall–Kier alpha value is -1.94. The van der Waals surface area contributed by atoms with Gasteiger partial charge in [-0.05, 0) is 42.3 Å². The monoisotopic (exact) mass is 332 g/mol. The SMILES string of the molecule is CC.CC.Cc1cc2nccc(Cc3ccc(N)cc3F)c2s1. The quantitative estimate of drug-likeness (QED) is 0.587. The maximum Gasteiger partial charge on any atom is 0.128 e. The standard InChI is InChI=1S/C15H13FN2S.2C2H6/c1-9-6-14-15(19-9)11(4-5-18-14)7-10-2-3-12(17)8-13(10)16;2*1-2/h2-6,8H,7,17H2,1H3;2*1-2H3. The van der Waals surface area contributed by atoms with Crippen molar-refractivity contribution in [1.29, 1.82) is 0 Å². The number of nitrogen functional groups attached to an aromatic ring is 1. The molecule has 2 N–H and O–H groups in total. The molecule has 0 radical (unpaired) electrons. The van der Waals surface area contributed by atoms with E-state index in [2.05, 4.69) is 18.0 Å². The van der Waals surface area contributed by atoms with Gasteiger partial charge in [-0.2, -0.15) is 0 Å². The molecule has 124 valence electrons. The van der Waals surface area contributed by atoms with E-state index in [0.717, 1.165) is 15.8 Å². The van der Waals surface area contributed by atoms with Crippen LogP contribution in [0.3, 0.4) is 0 Å². The molecule has 0 spiro atoms. The molecule has 2 heterocycles. The van der Waals surface area contributed by atoms with Gasteiger partial charge in [0, 0.05) is 23.2 Å². The fourth-order valence-electron chi connectivity index (χ4n) is 2.16. The molecule has 23 heavy (non-hydrogen) atoms. The fraction of sp³-hybridized carbons (Fsp3) is 0.316. The van der Waals surface area contributed by atoms with Gasteiger partial charge in [0.25, 0.3) is 0 Å². The number of pyridine rings is 1. The Balaban J connectivity index is 0.000000615. The summed E-state index contributed by atoms with van der Waals surface area (Å²) in [5, 5.41) is 0. The van der Waals surface area contributed by atoms with Crippen molar-refractivity contribution < 1.29 is 4.39 Å². The maximum absolute atomic E-state index is 13.8. The lowest BCUT2D eigenvalue weighted by molar-refractivity contribution is 0.615. The van der Waals surface area contributed by atoms with Crippen LogP contribution < -0.4 is 5.73 Å². The topological polar surface area (TPSA) is 38.9 Å². The molecular formula is C19H25FN2S. The van der Waals surface area contributed by atoms with E-state index in [1.807, 2.05) is 33.8 Å². The summed E-state index contributed by atoms with van der Waals surface area (Å²) < 4.78 is 15.0. The molecule has 0 aliphatic carbocycles. The number of thiophene rings is 1. The van der Waals surface area contributed by atoms with Crippen LogP contribution in [0.4, 0.5) is 10.1 Å². The zero-order valence-electron chi connectivity index (χ0n) is 14.5. The average molecular weight is 332 g/mol. The predicted molar refractivity (Wildman–Crippen MR) is 101 cm³/mol. The lowest BCUT2D eigenvalue weighted by Gasteiger charge is -2.05. The molecule has 2 aromatic heterocycles. The Bertz CT molecular complexity index is 750. The molecule has 0 atom stereocenters. The first-order chi connectivity index (χ1) is 11.1. The zero-order valence-corrected chi connectivity index (χ0v) is 15.3. The van der Waals surface area contributed by atoms with E-state index < -0.39 is 0 Å². The summed E-state index contributed by atoms with van der Waals surface area (Å²) in [5.41, 5.74) is 8.76. The van der Waals surface area contributed by atoms with Gasteiger partial charge in [-0.1, -0.05) is 33.8 Å². The summed E-state index contributed by atoms with van der Waals surface area (Å²) >= 11 is 1.70. The van der Waals surface area contributed by atoms with E-state index >= 15 is 0 Å². The van der Waals surface area contributed by atoms with E-state index in [1.54, 1.807) is 29.7 Å². The summed E-state index contributed by atoms with van der Waals surface area (Å²) in [5.74, 6) is -0.252. The number of benzene rings is 1. The van der Waals surface area contributed by atoms with Crippen molar-refractivity contribution >= 4 is 27.2 Å². The van der Waals surface area contributed by atoms with Gasteiger partial charge < -0.3 is 5.73 Å². The normalized spacial score (nSPS) is 9.65. The molecule has 4 heteroatoms. The van der Waals surface area contributed by atoms with Crippen LogP contribution in [0.25, 0.3) is 10.2 Å². The Labute approximate surface area is 142 Å². The van der Waals surface area contributed by atoms with Gasteiger partial charge in [0.2, 0.25) is 0 Å². The van der Waals surface area contributed by atoms with Crippen LogP contribution in [-0.2, 0) is 6.42 Å². The number of aromatic nitrogens is 1. The molecule has 1 aromatic carbocycles. The smallest absolute Gasteiger partial charge is 0.128 e. The van der Waals surface area contributed by atoms with Gasteiger partial charge in [0.15, 0.2) is 0 Å². The van der Waals surface area contributed by atoms with Crippen LogP contribution in [0.1, 0.15) is 43.7 Å². The molecule has 0 amide bonds. The predicted octanol–water partition coefficient (Wildman–Crippen LogP) is 5.97. The van der Waals surface area contributed by atoms with E-state index in [1.165, 1.54) is 10.9 Å². The largest absolute Gasteiger partial charge is 0.399 e. The summed E-state index contributed by atoms with van der Waals surface area (Å²) in [6.07, 6.45) is 2.34. The number of anilines is 1. The fourth-order valence-corrected chi connectivity index (χ4v) is 3.14. The molecule has 0 saturated carbocycles. The van der Waals surface area contributed by atoms with Crippen molar-refractivity contribution in [1.82, 2.24) is 4.98 Å². The second kappa shape index (κ2) is 9.26. The lowest BCUT2D eigenvalue weighted by atomic mass is 10.0. The molecule has 0 aliphatic rings. The van der Waals surface area contributed by atoms with Crippen molar-refractivity contribution in [3.63, 3.8) is 0 Å². The third-order valence-corrected chi connectivity index (χ3v) is 4.19. The summed E-state index contributed by atoms with van der Waals surface area (Å²) in [7, 11) is 0. The molecular weight excluding hydrogens is 307 g/mol. The molecule has 0 bridgehead atoms. The highest BCUT2D eigenvalue weighted by molar-refractivity contribution is 7.19. The van der Waals surface area contributed by atoms with Crippen LogP contribution in [0.5, 0.6) is 0 Å². The highest BCUT2D eigenvalue weighted by Gasteiger charge is 2.09. The summed E-state index contributed by atoms with van der Waals surface area (Å²) in [6.45, 7) is 10.1. The van der Waals surface area contributed by atoms with Crippen LogP contribution in [0.15, 0.2) is 36.5 Å². The van der Waals surface area contributed by atoms with Gasteiger partial charge in [-0.15, -0.1) is 11.3 Å². The van der Waals surface area contributed by atoms with E-state index in [4.69, 9.17) is 5.73 Å². The van der Waals surface area contributed by atoms with Crippen LogP contribution >= 0.6 is 11.3 Å². The minimum absolute atomic E-state index is 0.252. The van der Waals surface area contributed by atoms with Crippen LogP contribution in [0, 0.1) is 12.7 Å². The molecule has 2 nitrogen and oxygen atoms in total. The van der Waals surface area contributed by atoms with Crippen molar-refractivity contribution in [2.75, 3.05) is 5.73 Å². The van der Waals surface area contributed by atoms with Crippen molar-refractivity contribution in [2.45, 2.75) is 41.0 Å². The molecule has 3 rings (SSSR count). The van der Waals surface area contributed by atoms with Crippen molar-refractivity contribution in [2.24, 2.45) is 0 Å². The number of nitrogens with two attached hydrogens (primary N) is 1. The molecule has 0 aliphatic heterocycles. The lowest BCUT2D eigenvalue weighted by Crippen LogP contribution is -1.95. The van der Waals surface area contributed by atoms with Crippen molar-refractivity contribution in [3.8, 4) is 0 Å². The summed E-state index contributed by atoms with van der Waals surface area (Å²) in [4.78, 5) is 5.55. The second-order valence-electron chi connectivity index (χ2n) is 4.57. The summed E-state index contributed by atoms with van der Waals surface area (Å²) in [6, 6.07) is 8.86. The Kier molecular flexibility index (Phi) is 7.69. The molecule has 0 fully saturated rings. The minimum atomic E-state index is -0.252. The maximum atomic E-state index is 13.8. The first kappa shape index (κ1) is 19.1. The molecule has 0 saturated heterocycles. The first-order valence-corrected chi connectivity index (χ1v) is 8.83. The Morgan fingerprint density at radius 2 is 1.74 bits per heavy atom. The number of aryl methyl sites for hydroxylation is 1. The molecule has 0 unspecified atom stereocenters. The highest BCUT2D eigenvalue weighted by Crippen LogP contribution is 2.28. The highest BCUT2D eigenvalue weighted by atomic mass is 32.1. The number of hydrogen-bond donors (Lipinski definition) is 1. The third-order valence-electron chi connectivity index (χ3n) is 3.07. The van der Waals surface area contributed by atoms with Crippen LogP contribution in [0.2, 0.25) is 0 Å². The van der Waals surface area contributed by atoms with E-state index in [-0.39, 0.29) is 5.82 Å². The number of halogens is 1. The van der Waals surface area contributed by atoms with E-state index in [9.17, 15) is 4.39 Å². The number of nitrogens with zero attached hydrogens (tertiary/aromatic N) is 1. The van der Waals surface area contributed by atoms with Crippen LogP contribution in [-0.4, -0.2) is 4.98 Å². The van der Waals surface area contributed by atoms with Gasteiger partial charge in [-0.25, -0.2) is 4.39 Å². The Morgan fingerprint density at radius 3 is 2.39 bits per heavy atom. The van der Waals surface area contributed by atoms with Gasteiger partial charge in [-0.3, -0.25) is 4.98 Å². The van der Waals surface area contributed by atoms with E-state index in [0.29, 0.717) is 17.7 Å². The third kappa shape index (κ3) is 4.76. The number of rotatable bonds is 2. The Morgan fingerprint density at radius 1 is 1.04 bits per heavy atom. The second-order valence-corrected chi connectivity index (χ2v) is 5.83. The minimum Gasteiger partial charge on any atom is -0.399 e. The van der Waals surface area contributed by atoms with Crippen molar-refractivity contribution in [3.05, 3.63) is 58.3 Å².